The van der Waals surface area contributed by atoms with E-state index in [9.17, 15) is 0 Å². The number of para-hydroxylation sites is 1. The number of ether oxygens (including phenoxy) is 1. The molecule has 1 rings (SSSR count). The van der Waals surface area contributed by atoms with Gasteiger partial charge in [0, 0.05) is 18.6 Å². The molecule has 0 aliphatic heterocycles. The van der Waals surface area contributed by atoms with Gasteiger partial charge in [-0.15, -0.1) is 0 Å². The first-order valence-electron chi connectivity index (χ1n) is 8.18. The Bertz CT molecular complexity index is 395. The van der Waals surface area contributed by atoms with Crippen LogP contribution in [0.2, 0.25) is 0 Å². The summed E-state index contributed by atoms with van der Waals surface area (Å²) in [5, 5.41) is 3.54. The Hall–Kier alpha value is -1.06. The third-order valence-electron chi connectivity index (χ3n) is 4.26. The molecule has 1 aromatic rings. The van der Waals surface area contributed by atoms with Crippen LogP contribution < -0.4 is 10.1 Å². The molecular weight excluding hydrogens is 260 g/mol. The number of nitrogens with zero attached hydrogens (tertiary/aromatic N) is 1. The standard InChI is InChI=1S/C18H32N2O/c1-6-12-19-14-17(7-2)20(4)15(3)13-16-10-8-9-11-18(16)21-5/h8-11,15,17,19H,6-7,12-14H2,1-5H3. The lowest BCUT2D eigenvalue weighted by molar-refractivity contribution is 0.173. The number of hydrogen-bond donors (Lipinski definition) is 1. The second-order valence-corrected chi connectivity index (χ2v) is 5.80. The van der Waals surface area contributed by atoms with E-state index in [1.165, 1.54) is 18.4 Å². The summed E-state index contributed by atoms with van der Waals surface area (Å²) in [4.78, 5) is 2.50. The molecular formula is C18H32N2O. The molecule has 0 bridgehead atoms. The number of nitrogens with one attached hydrogen (secondary N) is 1. The molecule has 21 heavy (non-hydrogen) atoms. The fraction of sp³-hybridized carbons (Fsp3) is 0.667. The molecule has 0 fully saturated rings. The largest absolute Gasteiger partial charge is 0.496 e. The number of hydrogen-bond acceptors (Lipinski definition) is 3. The zero-order valence-corrected chi connectivity index (χ0v) is 14.4. The Morgan fingerprint density at radius 1 is 1.24 bits per heavy atom. The third-order valence-corrected chi connectivity index (χ3v) is 4.26. The summed E-state index contributed by atoms with van der Waals surface area (Å²) < 4.78 is 5.46. The maximum atomic E-state index is 5.46. The molecule has 0 aromatic heterocycles. The van der Waals surface area contributed by atoms with Crippen LogP contribution in [0.25, 0.3) is 0 Å². The molecule has 3 nitrogen and oxygen atoms in total. The van der Waals surface area contributed by atoms with Crippen LogP contribution in [0.3, 0.4) is 0 Å². The first kappa shape index (κ1) is 18.0. The van der Waals surface area contributed by atoms with Gasteiger partial charge >= 0.3 is 0 Å². The third kappa shape index (κ3) is 5.68. The van der Waals surface area contributed by atoms with Crippen molar-refractivity contribution in [1.82, 2.24) is 10.2 Å². The van der Waals surface area contributed by atoms with Crippen molar-refractivity contribution in [2.45, 2.75) is 52.1 Å². The van der Waals surface area contributed by atoms with Gasteiger partial charge in [-0.25, -0.2) is 0 Å². The van der Waals surface area contributed by atoms with Gasteiger partial charge in [0.1, 0.15) is 5.75 Å². The summed E-state index contributed by atoms with van der Waals surface area (Å²) in [5.74, 6) is 0.995. The number of benzene rings is 1. The highest BCUT2D eigenvalue weighted by Gasteiger charge is 2.19. The van der Waals surface area contributed by atoms with Gasteiger partial charge in [-0.05, 0) is 51.4 Å². The smallest absolute Gasteiger partial charge is 0.122 e. The van der Waals surface area contributed by atoms with Crippen LogP contribution in [-0.4, -0.2) is 44.2 Å². The zero-order valence-electron chi connectivity index (χ0n) is 14.4. The van der Waals surface area contributed by atoms with Gasteiger partial charge in [-0.2, -0.15) is 0 Å². The lowest BCUT2D eigenvalue weighted by Gasteiger charge is -2.33. The fourth-order valence-corrected chi connectivity index (χ4v) is 2.72. The topological polar surface area (TPSA) is 24.5 Å². The Labute approximate surface area is 130 Å². The minimum Gasteiger partial charge on any atom is -0.496 e. The van der Waals surface area contributed by atoms with E-state index in [0.29, 0.717) is 12.1 Å². The van der Waals surface area contributed by atoms with Crippen LogP contribution in [0.1, 0.15) is 39.2 Å². The van der Waals surface area contributed by atoms with E-state index in [0.717, 1.165) is 25.3 Å². The molecule has 3 heteroatoms. The molecule has 0 saturated heterocycles. The van der Waals surface area contributed by atoms with Gasteiger partial charge < -0.3 is 10.1 Å². The average Bonchev–Trinajstić information content (AvgIpc) is 2.51. The Kier molecular flexibility index (Phi) is 8.40. The van der Waals surface area contributed by atoms with Crippen LogP contribution in [-0.2, 0) is 6.42 Å². The molecule has 0 spiro atoms. The van der Waals surface area contributed by atoms with Crippen LogP contribution >= 0.6 is 0 Å². The minimum absolute atomic E-state index is 0.495. The minimum atomic E-state index is 0.495. The quantitative estimate of drug-likeness (QED) is 0.669. The SMILES string of the molecule is CCCNCC(CC)N(C)C(C)Cc1ccccc1OC. The molecule has 0 amide bonds. The molecule has 0 saturated carbocycles. The van der Waals surface area contributed by atoms with Gasteiger partial charge in [-0.1, -0.05) is 32.0 Å². The normalized spacial score (nSPS) is 14.2. The van der Waals surface area contributed by atoms with Crippen molar-refractivity contribution in [1.29, 1.82) is 0 Å². The molecule has 120 valence electrons. The highest BCUT2D eigenvalue weighted by atomic mass is 16.5. The number of rotatable bonds is 10. The summed E-state index contributed by atoms with van der Waals surface area (Å²) in [6.07, 6.45) is 3.38. The van der Waals surface area contributed by atoms with Crippen molar-refractivity contribution in [3.05, 3.63) is 29.8 Å². The van der Waals surface area contributed by atoms with Crippen molar-refractivity contribution in [2.24, 2.45) is 0 Å². The van der Waals surface area contributed by atoms with E-state index >= 15 is 0 Å². The first-order valence-corrected chi connectivity index (χ1v) is 8.18. The summed E-state index contributed by atoms with van der Waals surface area (Å²) in [6, 6.07) is 9.41. The van der Waals surface area contributed by atoms with E-state index < -0.39 is 0 Å². The summed E-state index contributed by atoms with van der Waals surface area (Å²) in [7, 11) is 3.98. The van der Waals surface area contributed by atoms with Crippen molar-refractivity contribution in [3.8, 4) is 5.75 Å². The van der Waals surface area contributed by atoms with Crippen LogP contribution in [0, 0.1) is 0 Å². The van der Waals surface area contributed by atoms with Gasteiger partial charge in [0.15, 0.2) is 0 Å². The molecule has 0 heterocycles. The predicted molar refractivity (Wildman–Crippen MR) is 91.2 cm³/mol. The summed E-state index contributed by atoms with van der Waals surface area (Å²) >= 11 is 0. The van der Waals surface area contributed by atoms with Gasteiger partial charge in [0.05, 0.1) is 7.11 Å². The second kappa shape index (κ2) is 9.80. The maximum absolute atomic E-state index is 5.46. The Morgan fingerprint density at radius 2 is 1.95 bits per heavy atom. The summed E-state index contributed by atoms with van der Waals surface area (Å²) in [6.45, 7) is 8.95. The van der Waals surface area contributed by atoms with Crippen LogP contribution in [0.4, 0.5) is 0 Å². The highest BCUT2D eigenvalue weighted by Crippen LogP contribution is 2.21. The van der Waals surface area contributed by atoms with E-state index in [1.807, 2.05) is 12.1 Å². The van der Waals surface area contributed by atoms with E-state index in [2.05, 4.69) is 50.2 Å². The fourth-order valence-electron chi connectivity index (χ4n) is 2.72. The lowest BCUT2D eigenvalue weighted by atomic mass is 10.0. The Balaban J connectivity index is 2.61. The predicted octanol–water partition coefficient (Wildman–Crippen LogP) is 3.34. The maximum Gasteiger partial charge on any atom is 0.122 e. The van der Waals surface area contributed by atoms with Crippen molar-refractivity contribution >= 4 is 0 Å². The van der Waals surface area contributed by atoms with Crippen LogP contribution in [0.15, 0.2) is 24.3 Å². The average molecular weight is 292 g/mol. The van der Waals surface area contributed by atoms with Crippen molar-refractivity contribution in [2.75, 3.05) is 27.2 Å². The zero-order chi connectivity index (χ0) is 15.7. The molecule has 0 aliphatic rings. The number of methoxy groups -OCH3 is 1. The van der Waals surface area contributed by atoms with Crippen LogP contribution in [0.5, 0.6) is 5.75 Å². The van der Waals surface area contributed by atoms with Gasteiger partial charge in [0.2, 0.25) is 0 Å². The number of likely N-dealkylation sites (N-methyl/N-ethyl adjacent to an activating group) is 1. The van der Waals surface area contributed by atoms with Crippen molar-refractivity contribution < 1.29 is 4.74 Å². The van der Waals surface area contributed by atoms with Crippen molar-refractivity contribution in [3.63, 3.8) is 0 Å². The van der Waals surface area contributed by atoms with E-state index in [1.54, 1.807) is 7.11 Å². The lowest BCUT2D eigenvalue weighted by Crippen LogP contribution is -2.45. The molecule has 0 radical (unpaired) electrons. The molecule has 2 atom stereocenters. The molecule has 2 unspecified atom stereocenters. The highest BCUT2D eigenvalue weighted by molar-refractivity contribution is 5.33. The molecule has 0 aliphatic carbocycles. The van der Waals surface area contributed by atoms with Gasteiger partial charge in [0.25, 0.3) is 0 Å². The van der Waals surface area contributed by atoms with Gasteiger partial charge in [-0.3, -0.25) is 4.90 Å². The summed E-state index contributed by atoms with van der Waals surface area (Å²) in [5.41, 5.74) is 1.29. The Morgan fingerprint density at radius 3 is 2.57 bits per heavy atom. The second-order valence-electron chi connectivity index (χ2n) is 5.80. The monoisotopic (exact) mass is 292 g/mol. The first-order chi connectivity index (χ1) is 10.1. The molecule has 1 aromatic carbocycles. The molecule has 1 N–H and O–H groups in total. The van der Waals surface area contributed by atoms with E-state index in [4.69, 9.17) is 4.74 Å². The van der Waals surface area contributed by atoms with E-state index in [-0.39, 0.29) is 0 Å².